The largest absolute Gasteiger partial charge is 0.271 e. The van der Waals surface area contributed by atoms with E-state index in [0.29, 0.717) is 5.02 Å². The number of hydrazine groups is 1. The maximum Gasteiger partial charge on any atom is 0.0834 e. The molecular formula is C15H21ClN4. The van der Waals surface area contributed by atoms with E-state index in [1.807, 2.05) is 17.7 Å². The first-order valence-electron chi connectivity index (χ1n) is 6.97. The second-order valence-electron chi connectivity index (χ2n) is 4.79. The van der Waals surface area contributed by atoms with Crippen LogP contribution >= 0.6 is 11.6 Å². The van der Waals surface area contributed by atoms with Gasteiger partial charge in [0.2, 0.25) is 0 Å². The lowest BCUT2D eigenvalue weighted by molar-refractivity contribution is 0.455. The molecule has 0 spiro atoms. The van der Waals surface area contributed by atoms with Gasteiger partial charge in [-0.1, -0.05) is 41.9 Å². The fourth-order valence-corrected chi connectivity index (χ4v) is 2.70. The molecule has 0 fully saturated rings. The summed E-state index contributed by atoms with van der Waals surface area (Å²) in [4.78, 5) is 0. The first-order chi connectivity index (χ1) is 9.76. The van der Waals surface area contributed by atoms with Crippen LogP contribution in [0.25, 0.3) is 0 Å². The van der Waals surface area contributed by atoms with Gasteiger partial charge in [-0.3, -0.25) is 16.0 Å². The molecule has 2 rings (SSSR count). The van der Waals surface area contributed by atoms with E-state index in [1.54, 1.807) is 6.20 Å². The minimum Gasteiger partial charge on any atom is -0.271 e. The molecule has 5 heteroatoms. The average Bonchev–Trinajstić information content (AvgIpc) is 2.86. The fraction of sp³-hybridized carbons (Fsp3) is 0.400. The van der Waals surface area contributed by atoms with Gasteiger partial charge in [0.25, 0.3) is 0 Å². The Morgan fingerprint density at radius 1 is 1.35 bits per heavy atom. The SMILES string of the molecule is CCn1ncc(Cl)c1C(CCCc1ccccc1)NN. The summed E-state index contributed by atoms with van der Waals surface area (Å²) in [7, 11) is 0. The Morgan fingerprint density at radius 2 is 2.10 bits per heavy atom. The average molecular weight is 293 g/mol. The monoisotopic (exact) mass is 292 g/mol. The number of hydrogen-bond donors (Lipinski definition) is 2. The highest BCUT2D eigenvalue weighted by Crippen LogP contribution is 2.26. The third kappa shape index (κ3) is 3.60. The van der Waals surface area contributed by atoms with E-state index >= 15 is 0 Å². The van der Waals surface area contributed by atoms with Crippen LogP contribution in [-0.2, 0) is 13.0 Å². The number of nitrogens with zero attached hydrogens (tertiary/aromatic N) is 2. The van der Waals surface area contributed by atoms with E-state index in [9.17, 15) is 0 Å². The summed E-state index contributed by atoms with van der Waals surface area (Å²) in [6.45, 7) is 2.84. The predicted molar refractivity (Wildman–Crippen MR) is 82.4 cm³/mol. The molecule has 1 heterocycles. The zero-order valence-corrected chi connectivity index (χ0v) is 12.5. The summed E-state index contributed by atoms with van der Waals surface area (Å²) in [6, 6.07) is 10.5. The van der Waals surface area contributed by atoms with Gasteiger partial charge in [-0.2, -0.15) is 5.10 Å². The number of benzene rings is 1. The molecule has 1 unspecified atom stereocenters. The second kappa shape index (κ2) is 7.43. The van der Waals surface area contributed by atoms with Gasteiger partial charge in [0.1, 0.15) is 0 Å². The minimum absolute atomic E-state index is 0.0358. The molecule has 0 aliphatic heterocycles. The summed E-state index contributed by atoms with van der Waals surface area (Å²) in [5.74, 6) is 5.69. The fourth-order valence-electron chi connectivity index (χ4n) is 2.42. The van der Waals surface area contributed by atoms with Crippen molar-refractivity contribution in [2.45, 2.75) is 38.8 Å². The van der Waals surface area contributed by atoms with E-state index in [0.717, 1.165) is 31.5 Å². The van der Waals surface area contributed by atoms with Crippen molar-refractivity contribution in [3.63, 3.8) is 0 Å². The van der Waals surface area contributed by atoms with E-state index < -0.39 is 0 Å². The summed E-state index contributed by atoms with van der Waals surface area (Å²) < 4.78 is 1.90. The molecule has 1 atom stereocenters. The maximum atomic E-state index is 6.21. The summed E-state index contributed by atoms with van der Waals surface area (Å²) in [6.07, 6.45) is 4.69. The van der Waals surface area contributed by atoms with Crippen LogP contribution in [0.4, 0.5) is 0 Å². The van der Waals surface area contributed by atoms with Crippen LogP contribution in [0.2, 0.25) is 5.02 Å². The molecule has 1 aromatic carbocycles. The number of nitrogens with one attached hydrogen (secondary N) is 1. The van der Waals surface area contributed by atoms with Gasteiger partial charge in [-0.25, -0.2) is 0 Å². The van der Waals surface area contributed by atoms with Crippen LogP contribution in [0.15, 0.2) is 36.5 Å². The summed E-state index contributed by atoms with van der Waals surface area (Å²) in [5.41, 5.74) is 5.18. The van der Waals surface area contributed by atoms with E-state index in [4.69, 9.17) is 17.4 Å². The highest BCUT2D eigenvalue weighted by molar-refractivity contribution is 6.31. The first-order valence-corrected chi connectivity index (χ1v) is 7.35. The van der Waals surface area contributed by atoms with Gasteiger partial charge in [-0.05, 0) is 31.7 Å². The lowest BCUT2D eigenvalue weighted by atomic mass is 10.0. The Labute approximate surface area is 124 Å². The molecule has 108 valence electrons. The number of nitrogens with two attached hydrogens (primary N) is 1. The molecule has 1 aromatic heterocycles. The second-order valence-corrected chi connectivity index (χ2v) is 5.20. The zero-order valence-electron chi connectivity index (χ0n) is 11.7. The summed E-state index contributed by atoms with van der Waals surface area (Å²) in [5, 5.41) is 4.93. The van der Waals surface area contributed by atoms with Crippen molar-refractivity contribution in [2.24, 2.45) is 5.84 Å². The Morgan fingerprint density at radius 3 is 2.75 bits per heavy atom. The topological polar surface area (TPSA) is 55.9 Å². The quantitative estimate of drug-likeness (QED) is 0.609. The van der Waals surface area contributed by atoms with Crippen molar-refractivity contribution < 1.29 is 0 Å². The lowest BCUT2D eigenvalue weighted by Crippen LogP contribution is -2.30. The first kappa shape index (κ1) is 15.0. The molecule has 0 saturated carbocycles. The van der Waals surface area contributed by atoms with Crippen molar-refractivity contribution in [2.75, 3.05) is 0 Å². The molecule has 2 aromatic rings. The molecular weight excluding hydrogens is 272 g/mol. The van der Waals surface area contributed by atoms with Gasteiger partial charge >= 0.3 is 0 Å². The molecule has 4 nitrogen and oxygen atoms in total. The van der Waals surface area contributed by atoms with Crippen LogP contribution in [0.5, 0.6) is 0 Å². The normalized spacial score (nSPS) is 12.6. The van der Waals surface area contributed by atoms with Crippen molar-refractivity contribution in [1.29, 1.82) is 0 Å². The molecule has 0 saturated heterocycles. The smallest absolute Gasteiger partial charge is 0.0834 e. The van der Waals surface area contributed by atoms with E-state index in [-0.39, 0.29) is 6.04 Å². The number of hydrogen-bond acceptors (Lipinski definition) is 3. The molecule has 0 aliphatic carbocycles. The van der Waals surface area contributed by atoms with Crippen LogP contribution in [0.3, 0.4) is 0 Å². The third-order valence-electron chi connectivity index (χ3n) is 3.47. The Bertz CT molecular complexity index is 524. The number of aryl methyl sites for hydroxylation is 2. The minimum atomic E-state index is 0.0358. The maximum absolute atomic E-state index is 6.21. The highest BCUT2D eigenvalue weighted by atomic mass is 35.5. The molecule has 0 bridgehead atoms. The molecule has 20 heavy (non-hydrogen) atoms. The summed E-state index contributed by atoms with van der Waals surface area (Å²) >= 11 is 6.21. The molecule has 0 aliphatic rings. The van der Waals surface area contributed by atoms with Gasteiger partial charge in [0.05, 0.1) is 23.0 Å². The van der Waals surface area contributed by atoms with Crippen LogP contribution < -0.4 is 11.3 Å². The van der Waals surface area contributed by atoms with Crippen LogP contribution in [0.1, 0.15) is 37.1 Å². The van der Waals surface area contributed by atoms with Crippen molar-refractivity contribution in [3.05, 3.63) is 52.8 Å². The Hall–Kier alpha value is -1.36. The van der Waals surface area contributed by atoms with Crippen molar-refractivity contribution in [3.8, 4) is 0 Å². The van der Waals surface area contributed by atoms with E-state index in [2.05, 4.69) is 34.8 Å². The predicted octanol–water partition coefficient (Wildman–Crippen LogP) is 3.08. The molecule has 0 radical (unpaired) electrons. The Kier molecular flexibility index (Phi) is 5.59. The van der Waals surface area contributed by atoms with Gasteiger partial charge < -0.3 is 0 Å². The highest BCUT2D eigenvalue weighted by Gasteiger charge is 2.18. The van der Waals surface area contributed by atoms with E-state index in [1.165, 1.54) is 5.56 Å². The van der Waals surface area contributed by atoms with Crippen LogP contribution in [-0.4, -0.2) is 9.78 Å². The Balaban J connectivity index is 1.97. The van der Waals surface area contributed by atoms with Gasteiger partial charge in [0.15, 0.2) is 0 Å². The van der Waals surface area contributed by atoms with Gasteiger partial charge in [0, 0.05) is 6.54 Å². The third-order valence-corrected chi connectivity index (χ3v) is 3.76. The lowest BCUT2D eigenvalue weighted by Gasteiger charge is -2.17. The number of rotatable bonds is 7. The number of halogens is 1. The zero-order chi connectivity index (χ0) is 14.4. The molecule has 3 N–H and O–H groups in total. The van der Waals surface area contributed by atoms with Gasteiger partial charge in [-0.15, -0.1) is 0 Å². The van der Waals surface area contributed by atoms with Crippen LogP contribution in [0, 0.1) is 0 Å². The number of aromatic nitrogens is 2. The molecule has 0 amide bonds. The van der Waals surface area contributed by atoms with Crippen molar-refractivity contribution in [1.82, 2.24) is 15.2 Å². The van der Waals surface area contributed by atoms with Crippen molar-refractivity contribution >= 4 is 11.6 Å². The standard InChI is InChI=1S/C15H21ClN4/c1-2-20-15(13(16)11-18-20)14(19-17)10-6-9-12-7-4-3-5-8-12/h3-5,7-8,11,14,19H,2,6,9-10,17H2,1H3.